The highest BCUT2D eigenvalue weighted by atomic mass is 19.1. The molecule has 5 heteroatoms. The summed E-state index contributed by atoms with van der Waals surface area (Å²) in [7, 11) is 0. The van der Waals surface area contributed by atoms with Gasteiger partial charge >= 0.3 is 5.97 Å². The molecular formula is C12H7F2NO2. The van der Waals surface area contributed by atoms with E-state index >= 15 is 0 Å². The summed E-state index contributed by atoms with van der Waals surface area (Å²) < 4.78 is 26.5. The maximum Gasteiger partial charge on any atom is 0.328 e. The number of nitrogens with zero attached hydrogens (tertiary/aromatic N) is 1. The molecule has 3 nitrogen and oxygen atoms in total. The first-order valence-electron chi connectivity index (χ1n) is 4.72. The third-order valence-electron chi connectivity index (χ3n) is 2.19. The Bertz CT molecular complexity index is 623. The molecule has 0 aliphatic heterocycles. The summed E-state index contributed by atoms with van der Waals surface area (Å²) in [5.74, 6) is -2.61. The SMILES string of the molecule is O=C(O)/C=C/c1nccc2cc(F)cc(F)c12. The molecule has 0 saturated carbocycles. The van der Waals surface area contributed by atoms with Gasteiger partial charge in [-0.1, -0.05) is 0 Å². The third-order valence-corrected chi connectivity index (χ3v) is 2.19. The summed E-state index contributed by atoms with van der Waals surface area (Å²) in [6, 6.07) is 3.36. The maximum atomic E-state index is 13.6. The van der Waals surface area contributed by atoms with Crippen LogP contribution in [0.15, 0.2) is 30.5 Å². The van der Waals surface area contributed by atoms with Gasteiger partial charge in [0.2, 0.25) is 0 Å². The Morgan fingerprint density at radius 1 is 1.35 bits per heavy atom. The average molecular weight is 235 g/mol. The minimum atomic E-state index is -1.16. The second kappa shape index (κ2) is 4.29. The molecule has 0 aliphatic rings. The van der Waals surface area contributed by atoms with E-state index in [1.165, 1.54) is 18.3 Å². The minimum absolute atomic E-state index is 0.103. The summed E-state index contributed by atoms with van der Waals surface area (Å²) in [4.78, 5) is 14.2. The molecule has 0 amide bonds. The van der Waals surface area contributed by atoms with Gasteiger partial charge in [-0.25, -0.2) is 13.6 Å². The van der Waals surface area contributed by atoms with Crippen molar-refractivity contribution in [2.45, 2.75) is 0 Å². The highest BCUT2D eigenvalue weighted by molar-refractivity contribution is 5.93. The van der Waals surface area contributed by atoms with Crippen LogP contribution >= 0.6 is 0 Å². The van der Waals surface area contributed by atoms with Crippen molar-refractivity contribution in [1.29, 1.82) is 0 Å². The van der Waals surface area contributed by atoms with Gasteiger partial charge in [0.15, 0.2) is 0 Å². The fourth-order valence-corrected chi connectivity index (χ4v) is 1.53. The van der Waals surface area contributed by atoms with E-state index < -0.39 is 17.6 Å². The van der Waals surface area contributed by atoms with Crippen LogP contribution in [0.4, 0.5) is 8.78 Å². The van der Waals surface area contributed by atoms with Crippen molar-refractivity contribution < 1.29 is 18.7 Å². The summed E-state index contributed by atoms with van der Waals surface area (Å²) >= 11 is 0. The fraction of sp³-hybridized carbons (Fsp3) is 0. The van der Waals surface area contributed by atoms with Crippen molar-refractivity contribution >= 4 is 22.8 Å². The quantitative estimate of drug-likeness (QED) is 0.814. The van der Waals surface area contributed by atoms with Crippen molar-refractivity contribution in [3.8, 4) is 0 Å². The number of carboxylic acid groups (broad SMARTS) is 1. The smallest absolute Gasteiger partial charge is 0.328 e. The standard InChI is InChI=1S/C12H7F2NO2/c13-8-5-7-3-4-15-10(1-2-11(16)17)12(7)9(14)6-8/h1-6H,(H,16,17)/b2-1+. The summed E-state index contributed by atoms with van der Waals surface area (Å²) in [6.45, 7) is 0. The Labute approximate surface area is 95.0 Å². The van der Waals surface area contributed by atoms with Gasteiger partial charge in [-0.05, 0) is 23.6 Å². The predicted octanol–water partition coefficient (Wildman–Crippen LogP) is 2.61. The van der Waals surface area contributed by atoms with Gasteiger partial charge < -0.3 is 5.11 Å². The fourth-order valence-electron chi connectivity index (χ4n) is 1.53. The Kier molecular flexibility index (Phi) is 2.82. The lowest BCUT2D eigenvalue weighted by molar-refractivity contribution is -0.131. The van der Waals surface area contributed by atoms with Gasteiger partial charge in [-0.15, -0.1) is 0 Å². The topological polar surface area (TPSA) is 50.2 Å². The molecule has 0 atom stereocenters. The Balaban J connectivity index is 2.68. The number of hydrogen-bond donors (Lipinski definition) is 1. The zero-order valence-corrected chi connectivity index (χ0v) is 8.52. The normalized spacial score (nSPS) is 11.2. The number of carbonyl (C=O) groups is 1. The van der Waals surface area contributed by atoms with Crippen LogP contribution in [-0.4, -0.2) is 16.1 Å². The second-order valence-corrected chi connectivity index (χ2v) is 3.35. The van der Waals surface area contributed by atoms with Crippen LogP contribution < -0.4 is 0 Å². The average Bonchev–Trinajstić information content (AvgIpc) is 2.25. The molecule has 0 saturated heterocycles. The van der Waals surface area contributed by atoms with Crippen LogP contribution in [-0.2, 0) is 4.79 Å². The number of halogens is 2. The first-order chi connectivity index (χ1) is 8.08. The van der Waals surface area contributed by atoms with Crippen LogP contribution in [0.1, 0.15) is 5.69 Å². The Morgan fingerprint density at radius 2 is 2.12 bits per heavy atom. The zero-order valence-electron chi connectivity index (χ0n) is 8.52. The highest BCUT2D eigenvalue weighted by Crippen LogP contribution is 2.22. The number of aliphatic carboxylic acids is 1. The first kappa shape index (κ1) is 11.2. The molecule has 0 radical (unpaired) electrons. The Morgan fingerprint density at radius 3 is 2.82 bits per heavy atom. The molecule has 1 N–H and O–H groups in total. The number of benzene rings is 1. The molecule has 1 aromatic heterocycles. The molecule has 0 fully saturated rings. The molecule has 1 aromatic carbocycles. The molecule has 2 aromatic rings. The van der Waals surface area contributed by atoms with Crippen LogP contribution in [0.2, 0.25) is 0 Å². The Hall–Kier alpha value is -2.30. The molecule has 1 heterocycles. The summed E-state index contributed by atoms with van der Waals surface area (Å²) in [6.07, 6.45) is 3.39. The number of hydrogen-bond acceptors (Lipinski definition) is 2. The van der Waals surface area contributed by atoms with Gasteiger partial charge in [0.1, 0.15) is 11.6 Å². The van der Waals surface area contributed by atoms with E-state index in [1.807, 2.05) is 0 Å². The van der Waals surface area contributed by atoms with E-state index in [2.05, 4.69) is 4.98 Å². The van der Waals surface area contributed by atoms with Crippen molar-refractivity contribution in [3.63, 3.8) is 0 Å². The van der Waals surface area contributed by atoms with Crippen LogP contribution in [0.5, 0.6) is 0 Å². The van der Waals surface area contributed by atoms with E-state index in [9.17, 15) is 13.6 Å². The second-order valence-electron chi connectivity index (χ2n) is 3.35. The largest absolute Gasteiger partial charge is 0.478 e. The molecule has 86 valence electrons. The van der Waals surface area contributed by atoms with E-state index in [-0.39, 0.29) is 11.1 Å². The van der Waals surface area contributed by atoms with Crippen molar-refractivity contribution in [2.75, 3.05) is 0 Å². The number of fused-ring (bicyclic) bond motifs is 1. The minimum Gasteiger partial charge on any atom is -0.478 e. The highest BCUT2D eigenvalue weighted by Gasteiger charge is 2.08. The van der Waals surface area contributed by atoms with Crippen molar-refractivity contribution in [3.05, 3.63) is 47.8 Å². The van der Waals surface area contributed by atoms with Crippen LogP contribution in [0, 0.1) is 11.6 Å². The van der Waals surface area contributed by atoms with Crippen molar-refractivity contribution in [2.24, 2.45) is 0 Å². The molecule has 0 spiro atoms. The molecule has 0 unspecified atom stereocenters. The van der Waals surface area contributed by atoms with Crippen LogP contribution in [0.3, 0.4) is 0 Å². The summed E-state index contributed by atoms with van der Waals surface area (Å²) in [5.41, 5.74) is 0.155. The lowest BCUT2D eigenvalue weighted by atomic mass is 10.1. The first-order valence-corrected chi connectivity index (χ1v) is 4.72. The van der Waals surface area contributed by atoms with Gasteiger partial charge in [0.05, 0.1) is 5.69 Å². The number of aromatic nitrogens is 1. The van der Waals surface area contributed by atoms with E-state index in [1.54, 1.807) is 0 Å². The third kappa shape index (κ3) is 2.28. The zero-order chi connectivity index (χ0) is 12.4. The molecule has 17 heavy (non-hydrogen) atoms. The van der Waals surface area contributed by atoms with Crippen LogP contribution in [0.25, 0.3) is 16.8 Å². The molecular weight excluding hydrogens is 228 g/mol. The lowest BCUT2D eigenvalue weighted by Gasteiger charge is -2.03. The van der Waals surface area contributed by atoms with Gasteiger partial charge in [-0.2, -0.15) is 0 Å². The molecule has 0 aliphatic carbocycles. The molecule has 0 bridgehead atoms. The van der Waals surface area contributed by atoms with E-state index in [4.69, 9.17) is 5.11 Å². The van der Waals surface area contributed by atoms with E-state index in [0.717, 1.165) is 18.2 Å². The van der Waals surface area contributed by atoms with Gasteiger partial charge in [-0.3, -0.25) is 4.98 Å². The maximum absolute atomic E-state index is 13.6. The predicted molar refractivity (Wildman–Crippen MR) is 58.3 cm³/mol. The number of carboxylic acids is 1. The number of rotatable bonds is 2. The van der Waals surface area contributed by atoms with Crippen molar-refractivity contribution in [1.82, 2.24) is 4.98 Å². The van der Waals surface area contributed by atoms with Gasteiger partial charge in [0.25, 0.3) is 0 Å². The van der Waals surface area contributed by atoms with Gasteiger partial charge in [0, 0.05) is 23.7 Å². The molecule has 2 rings (SSSR count). The van der Waals surface area contributed by atoms with E-state index in [0.29, 0.717) is 5.39 Å². The number of pyridine rings is 1. The monoisotopic (exact) mass is 235 g/mol. The lowest BCUT2D eigenvalue weighted by Crippen LogP contribution is -1.91. The summed E-state index contributed by atoms with van der Waals surface area (Å²) in [5, 5.41) is 8.93.